The lowest BCUT2D eigenvalue weighted by Gasteiger charge is -2.23. The van der Waals surface area contributed by atoms with Crippen LogP contribution < -0.4 is 0 Å². The smallest absolute Gasteiger partial charge is 0.123 e. The van der Waals surface area contributed by atoms with Crippen LogP contribution in [0.25, 0.3) is 11.1 Å². The summed E-state index contributed by atoms with van der Waals surface area (Å²) in [5.74, 6) is 1.31. The molecule has 0 nitrogen and oxygen atoms in total. The van der Waals surface area contributed by atoms with Crippen molar-refractivity contribution in [2.45, 2.75) is 66.2 Å². The Labute approximate surface area is 153 Å². The van der Waals surface area contributed by atoms with Gasteiger partial charge in [0.15, 0.2) is 0 Å². The highest BCUT2D eigenvalue weighted by atomic mass is 19.1. The lowest BCUT2D eigenvalue weighted by molar-refractivity contribution is 0.322. The summed E-state index contributed by atoms with van der Waals surface area (Å²) in [6, 6.07) is 13.9. The fourth-order valence-electron chi connectivity index (χ4n) is 3.76. The van der Waals surface area contributed by atoms with Gasteiger partial charge in [-0.1, -0.05) is 83.7 Å². The van der Waals surface area contributed by atoms with Crippen LogP contribution in [-0.2, 0) is 12.8 Å². The minimum absolute atomic E-state index is 0.159. The molecule has 0 saturated heterocycles. The van der Waals surface area contributed by atoms with E-state index in [9.17, 15) is 4.39 Å². The largest absolute Gasteiger partial charge is 0.207 e. The van der Waals surface area contributed by atoms with E-state index >= 15 is 0 Å². The molecule has 0 aliphatic rings. The second-order valence-corrected chi connectivity index (χ2v) is 7.39. The molecular formula is C24H33F. The molecule has 0 N–H and O–H groups in total. The number of aryl methyl sites for hydroxylation is 1. The van der Waals surface area contributed by atoms with E-state index in [1.165, 1.54) is 42.0 Å². The summed E-state index contributed by atoms with van der Waals surface area (Å²) >= 11 is 0. The second-order valence-electron chi connectivity index (χ2n) is 7.39. The average molecular weight is 341 g/mol. The SMILES string of the molecule is CCCc1ccc(CC(CCC)C(C)CC)cc1-c1cccc(F)c1. The first-order valence-electron chi connectivity index (χ1n) is 9.96. The highest BCUT2D eigenvalue weighted by Crippen LogP contribution is 2.30. The number of halogens is 1. The number of benzene rings is 2. The summed E-state index contributed by atoms with van der Waals surface area (Å²) < 4.78 is 13.7. The minimum atomic E-state index is -0.159. The van der Waals surface area contributed by atoms with Gasteiger partial charge in [-0.15, -0.1) is 0 Å². The van der Waals surface area contributed by atoms with Gasteiger partial charge < -0.3 is 0 Å². The fraction of sp³-hybridized carbons (Fsp3) is 0.500. The van der Waals surface area contributed by atoms with Crippen LogP contribution in [0.15, 0.2) is 42.5 Å². The highest BCUT2D eigenvalue weighted by molar-refractivity contribution is 5.68. The van der Waals surface area contributed by atoms with E-state index in [-0.39, 0.29) is 5.82 Å². The van der Waals surface area contributed by atoms with Gasteiger partial charge in [0.25, 0.3) is 0 Å². The Hall–Kier alpha value is -1.63. The lowest BCUT2D eigenvalue weighted by atomic mass is 9.82. The predicted octanol–water partition coefficient (Wildman–Crippen LogP) is 7.45. The molecule has 0 aromatic heterocycles. The van der Waals surface area contributed by atoms with Crippen molar-refractivity contribution in [2.24, 2.45) is 11.8 Å². The maximum absolute atomic E-state index is 13.7. The van der Waals surface area contributed by atoms with Crippen LogP contribution in [0.2, 0.25) is 0 Å². The third-order valence-electron chi connectivity index (χ3n) is 5.44. The first-order chi connectivity index (χ1) is 12.1. The van der Waals surface area contributed by atoms with Gasteiger partial charge in [0.1, 0.15) is 5.82 Å². The van der Waals surface area contributed by atoms with Crippen molar-refractivity contribution in [1.82, 2.24) is 0 Å². The molecule has 2 unspecified atom stereocenters. The molecule has 0 fully saturated rings. The monoisotopic (exact) mass is 340 g/mol. The third kappa shape index (κ3) is 5.42. The van der Waals surface area contributed by atoms with Crippen molar-refractivity contribution < 1.29 is 4.39 Å². The standard InChI is InChI=1S/C24H33F/c1-5-9-20-14-13-19(15-21(10-6-2)18(4)7-3)16-24(20)22-11-8-12-23(25)17-22/h8,11-14,16-18,21H,5-7,9-10,15H2,1-4H3. The van der Waals surface area contributed by atoms with E-state index in [2.05, 4.69) is 45.9 Å². The summed E-state index contributed by atoms with van der Waals surface area (Å²) in [4.78, 5) is 0. The molecule has 2 aromatic rings. The summed E-state index contributed by atoms with van der Waals surface area (Å²) in [6.45, 7) is 9.14. The average Bonchev–Trinajstić information content (AvgIpc) is 2.62. The van der Waals surface area contributed by atoms with Gasteiger partial charge in [-0.3, -0.25) is 0 Å². The Morgan fingerprint density at radius 3 is 2.40 bits per heavy atom. The van der Waals surface area contributed by atoms with E-state index in [1.54, 1.807) is 6.07 Å². The zero-order valence-electron chi connectivity index (χ0n) is 16.3. The van der Waals surface area contributed by atoms with Crippen LogP contribution in [0.3, 0.4) is 0 Å². The normalized spacial score (nSPS) is 13.6. The summed E-state index contributed by atoms with van der Waals surface area (Å²) in [7, 11) is 0. The first-order valence-corrected chi connectivity index (χ1v) is 9.96. The van der Waals surface area contributed by atoms with Gasteiger partial charge in [-0.05, 0) is 59.1 Å². The van der Waals surface area contributed by atoms with Crippen molar-refractivity contribution in [1.29, 1.82) is 0 Å². The Balaban J connectivity index is 2.36. The Morgan fingerprint density at radius 1 is 0.960 bits per heavy atom. The van der Waals surface area contributed by atoms with E-state index in [0.717, 1.165) is 36.7 Å². The molecule has 2 atom stereocenters. The molecule has 0 radical (unpaired) electrons. The van der Waals surface area contributed by atoms with Gasteiger partial charge in [-0.25, -0.2) is 4.39 Å². The van der Waals surface area contributed by atoms with Crippen molar-refractivity contribution in [2.75, 3.05) is 0 Å². The molecule has 2 aromatic carbocycles. The van der Waals surface area contributed by atoms with Crippen LogP contribution in [0.5, 0.6) is 0 Å². The van der Waals surface area contributed by atoms with Gasteiger partial charge >= 0.3 is 0 Å². The molecule has 0 aliphatic heterocycles. The van der Waals surface area contributed by atoms with E-state index < -0.39 is 0 Å². The van der Waals surface area contributed by atoms with Crippen LogP contribution >= 0.6 is 0 Å². The first kappa shape index (κ1) is 19.7. The van der Waals surface area contributed by atoms with Crippen molar-refractivity contribution in [3.05, 3.63) is 59.4 Å². The Bertz CT molecular complexity index is 659. The maximum atomic E-state index is 13.7. The molecule has 0 saturated carbocycles. The minimum Gasteiger partial charge on any atom is -0.207 e. The number of rotatable bonds is 9. The van der Waals surface area contributed by atoms with E-state index in [1.807, 2.05) is 12.1 Å². The molecular weight excluding hydrogens is 307 g/mol. The van der Waals surface area contributed by atoms with Crippen LogP contribution in [0.1, 0.15) is 64.5 Å². The lowest BCUT2D eigenvalue weighted by Crippen LogP contribution is -2.14. The molecule has 0 aliphatic carbocycles. The zero-order chi connectivity index (χ0) is 18.2. The maximum Gasteiger partial charge on any atom is 0.123 e. The van der Waals surface area contributed by atoms with Gasteiger partial charge in [-0.2, -0.15) is 0 Å². The highest BCUT2D eigenvalue weighted by Gasteiger charge is 2.16. The summed E-state index contributed by atoms with van der Waals surface area (Å²) in [5.41, 5.74) is 4.92. The Morgan fingerprint density at radius 2 is 1.76 bits per heavy atom. The Kier molecular flexibility index (Phi) is 7.68. The quantitative estimate of drug-likeness (QED) is 0.444. The topological polar surface area (TPSA) is 0 Å². The van der Waals surface area contributed by atoms with Gasteiger partial charge in [0.2, 0.25) is 0 Å². The third-order valence-corrected chi connectivity index (χ3v) is 5.44. The zero-order valence-corrected chi connectivity index (χ0v) is 16.3. The molecule has 0 bridgehead atoms. The van der Waals surface area contributed by atoms with Crippen molar-refractivity contribution in [3.63, 3.8) is 0 Å². The molecule has 0 amide bonds. The van der Waals surface area contributed by atoms with Crippen LogP contribution in [0.4, 0.5) is 4.39 Å². The van der Waals surface area contributed by atoms with Gasteiger partial charge in [0, 0.05) is 0 Å². The molecule has 1 heteroatoms. The molecule has 0 heterocycles. The van der Waals surface area contributed by atoms with Crippen LogP contribution in [-0.4, -0.2) is 0 Å². The van der Waals surface area contributed by atoms with Crippen molar-refractivity contribution >= 4 is 0 Å². The summed E-state index contributed by atoms with van der Waals surface area (Å²) in [5, 5.41) is 0. The second kappa shape index (κ2) is 9.75. The molecule has 136 valence electrons. The van der Waals surface area contributed by atoms with Crippen molar-refractivity contribution in [3.8, 4) is 11.1 Å². The van der Waals surface area contributed by atoms with Gasteiger partial charge in [0.05, 0.1) is 0 Å². The van der Waals surface area contributed by atoms with E-state index in [0.29, 0.717) is 0 Å². The fourth-order valence-corrected chi connectivity index (χ4v) is 3.76. The van der Waals surface area contributed by atoms with E-state index in [4.69, 9.17) is 0 Å². The molecule has 0 spiro atoms. The number of hydrogen-bond donors (Lipinski definition) is 0. The van der Waals surface area contributed by atoms with Crippen LogP contribution in [0, 0.1) is 17.7 Å². The number of hydrogen-bond acceptors (Lipinski definition) is 0. The molecule has 2 rings (SSSR count). The predicted molar refractivity (Wildman–Crippen MR) is 107 cm³/mol. The summed E-state index contributed by atoms with van der Waals surface area (Å²) in [6.07, 6.45) is 7.01. The molecule has 25 heavy (non-hydrogen) atoms.